The van der Waals surface area contributed by atoms with Gasteiger partial charge in [0.1, 0.15) is 0 Å². The van der Waals surface area contributed by atoms with Crippen LogP contribution in [0.5, 0.6) is 0 Å². The number of carbonyl (C=O) groups is 1. The number of benzene rings is 2. The molecule has 0 aromatic heterocycles. The summed E-state index contributed by atoms with van der Waals surface area (Å²) in [6, 6.07) is 13.3. The highest BCUT2D eigenvalue weighted by molar-refractivity contribution is 6.03. The van der Waals surface area contributed by atoms with Gasteiger partial charge >= 0.3 is 0 Å². The van der Waals surface area contributed by atoms with E-state index in [1.54, 1.807) is 0 Å². The van der Waals surface area contributed by atoms with Crippen LogP contribution in [0.3, 0.4) is 0 Å². The summed E-state index contributed by atoms with van der Waals surface area (Å²) in [4.78, 5) is 12.6. The molecule has 0 saturated carbocycles. The van der Waals surface area contributed by atoms with Crippen LogP contribution in [0, 0.1) is 6.92 Å². The zero-order chi connectivity index (χ0) is 14.6. The Balaban J connectivity index is 1.95. The van der Waals surface area contributed by atoms with Gasteiger partial charge in [0.05, 0.1) is 0 Å². The Morgan fingerprint density at radius 1 is 1.10 bits per heavy atom. The van der Waals surface area contributed by atoms with E-state index in [-0.39, 0.29) is 5.41 Å². The van der Waals surface area contributed by atoms with Crippen LogP contribution in [-0.4, -0.2) is 5.78 Å². The molecule has 106 valence electrons. The van der Waals surface area contributed by atoms with Crippen molar-refractivity contribution in [1.82, 2.24) is 0 Å². The molecule has 1 nitrogen and oxygen atoms in total. The van der Waals surface area contributed by atoms with Crippen LogP contribution in [-0.2, 0) is 18.3 Å². The highest BCUT2D eigenvalue weighted by atomic mass is 16.1. The molecule has 1 spiro atoms. The van der Waals surface area contributed by atoms with E-state index in [2.05, 4.69) is 50.2 Å². The number of rotatable bonds is 1. The topological polar surface area (TPSA) is 17.1 Å². The first-order valence-corrected chi connectivity index (χ1v) is 7.91. The monoisotopic (exact) mass is 276 g/mol. The molecule has 0 saturated heterocycles. The van der Waals surface area contributed by atoms with Gasteiger partial charge in [-0.25, -0.2) is 0 Å². The lowest BCUT2D eigenvalue weighted by Crippen LogP contribution is -2.21. The normalized spacial score (nSPS) is 22.7. The van der Waals surface area contributed by atoms with E-state index in [1.807, 2.05) is 0 Å². The number of Topliss-reactive ketones (excluding diaryl/α,β-unsaturated/α-hetero) is 1. The summed E-state index contributed by atoms with van der Waals surface area (Å²) < 4.78 is 0. The van der Waals surface area contributed by atoms with Crippen molar-refractivity contribution >= 4 is 5.78 Å². The van der Waals surface area contributed by atoms with E-state index in [1.165, 1.54) is 27.8 Å². The molecule has 1 unspecified atom stereocenters. The summed E-state index contributed by atoms with van der Waals surface area (Å²) in [5.74, 6) is 0.328. The first-order valence-electron chi connectivity index (χ1n) is 7.91. The molecule has 0 amide bonds. The Kier molecular flexibility index (Phi) is 2.63. The number of hydrogen-bond donors (Lipinski definition) is 0. The van der Waals surface area contributed by atoms with Gasteiger partial charge in [0.2, 0.25) is 0 Å². The van der Waals surface area contributed by atoms with Gasteiger partial charge in [-0.05, 0) is 54.5 Å². The third-order valence-electron chi connectivity index (χ3n) is 5.37. The minimum Gasteiger partial charge on any atom is -0.294 e. The lowest BCUT2D eigenvalue weighted by Gasteiger charge is -2.26. The summed E-state index contributed by atoms with van der Waals surface area (Å²) in [6.45, 7) is 4.29. The minimum absolute atomic E-state index is 0.0416. The van der Waals surface area contributed by atoms with Gasteiger partial charge in [-0.15, -0.1) is 0 Å². The smallest absolute Gasteiger partial charge is 0.164 e. The second kappa shape index (κ2) is 4.30. The average molecular weight is 276 g/mol. The molecule has 2 aliphatic rings. The van der Waals surface area contributed by atoms with Crippen molar-refractivity contribution in [3.8, 4) is 0 Å². The lowest BCUT2D eigenvalue weighted by molar-refractivity contribution is 0.0979. The molecule has 0 heterocycles. The SMILES string of the molecule is CCc1ccc2c(c1)C(=O)CC21CCc2ccc(C)cc21. The summed E-state index contributed by atoms with van der Waals surface area (Å²) in [5, 5.41) is 0. The Hall–Kier alpha value is -1.89. The van der Waals surface area contributed by atoms with Gasteiger partial charge in [-0.2, -0.15) is 0 Å². The van der Waals surface area contributed by atoms with Crippen molar-refractivity contribution in [3.63, 3.8) is 0 Å². The predicted molar refractivity (Wildman–Crippen MR) is 85.0 cm³/mol. The van der Waals surface area contributed by atoms with Crippen molar-refractivity contribution in [1.29, 1.82) is 0 Å². The van der Waals surface area contributed by atoms with Crippen molar-refractivity contribution in [2.45, 2.75) is 44.9 Å². The summed E-state index contributed by atoms with van der Waals surface area (Å²) >= 11 is 0. The zero-order valence-corrected chi connectivity index (χ0v) is 12.7. The molecular weight excluding hydrogens is 256 g/mol. The van der Waals surface area contributed by atoms with E-state index in [0.717, 1.165) is 24.8 Å². The minimum atomic E-state index is -0.0416. The standard InChI is InChI=1S/C20H20O/c1-3-14-5-7-17-16(11-14)19(21)12-20(17)9-8-15-6-4-13(2)10-18(15)20/h4-7,10-11H,3,8-9,12H2,1-2H3. The lowest BCUT2D eigenvalue weighted by atomic mass is 9.76. The van der Waals surface area contributed by atoms with Crippen molar-refractivity contribution in [2.24, 2.45) is 0 Å². The molecule has 4 rings (SSSR count). The maximum absolute atomic E-state index is 12.6. The highest BCUT2D eigenvalue weighted by Gasteiger charge is 2.48. The number of carbonyl (C=O) groups excluding carboxylic acids is 1. The van der Waals surface area contributed by atoms with Gasteiger partial charge in [0, 0.05) is 17.4 Å². The molecule has 2 aliphatic carbocycles. The Morgan fingerprint density at radius 2 is 1.95 bits per heavy atom. The fourth-order valence-corrected chi connectivity index (χ4v) is 4.22. The van der Waals surface area contributed by atoms with Crippen LogP contribution in [0.1, 0.15) is 57.9 Å². The molecule has 0 N–H and O–H groups in total. The van der Waals surface area contributed by atoms with Gasteiger partial charge in [-0.1, -0.05) is 42.8 Å². The summed E-state index contributed by atoms with van der Waals surface area (Å²) in [7, 11) is 0. The molecule has 2 aromatic carbocycles. The second-order valence-electron chi connectivity index (χ2n) is 6.58. The number of aryl methyl sites for hydroxylation is 3. The van der Waals surface area contributed by atoms with E-state index >= 15 is 0 Å². The highest BCUT2D eigenvalue weighted by Crippen LogP contribution is 2.52. The summed E-state index contributed by atoms with van der Waals surface area (Å²) in [6.07, 6.45) is 3.82. The van der Waals surface area contributed by atoms with Gasteiger partial charge in [0.25, 0.3) is 0 Å². The number of hydrogen-bond acceptors (Lipinski definition) is 1. The average Bonchev–Trinajstić information content (AvgIpc) is 2.99. The third-order valence-corrected chi connectivity index (χ3v) is 5.37. The van der Waals surface area contributed by atoms with Gasteiger partial charge < -0.3 is 0 Å². The second-order valence-corrected chi connectivity index (χ2v) is 6.58. The fraction of sp³-hybridized carbons (Fsp3) is 0.350. The van der Waals surface area contributed by atoms with E-state index in [4.69, 9.17) is 0 Å². The summed E-state index contributed by atoms with van der Waals surface area (Å²) in [5.41, 5.74) is 7.60. The van der Waals surface area contributed by atoms with Gasteiger partial charge in [0.15, 0.2) is 5.78 Å². The number of ketones is 1. The van der Waals surface area contributed by atoms with Crippen molar-refractivity contribution < 1.29 is 4.79 Å². The van der Waals surface area contributed by atoms with Gasteiger partial charge in [-0.3, -0.25) is 4.79 Å². The predicted octanol–water partition coefficient (Wildman–Crippen LogP) is 4.38. The zero-order valence-electron chi connectivity index (χ0n) is 12.7. The van der Waals surface area contributed by atoms with E-state index in [0.29, 0.717) is 12.2 Å². The van der Waals surface area contributed by atoms with Crippen LogP contribution >= 0.6 is 0 Å². The molecule has 0 bridgehead atoms. The molecule has 0 fully saturated rings. The number of fused-ring (bicyclic) bond motifs is 4. The quantitative estimate of drug-likeness (QED) is 0.755. The fourth-order valence-electron chi connectivity index (χ4n) is 4.22. The van der Waals surface area contributed by atoms with Crippen LogP contribution in [0.4, 0.5) is 0 Å². The maximum atomic E-state index is 12.6. The maximum Gasteiger partial charge on any atom is 0.164 e. The first kappa shape index (κ1) is 12.8. The molecule has 0 radical (unpaired) electrons. The van der Waals surface area contributed by atoms with Crippen LogP contribution in [0.15, 0.2) is 36.4 Å². The first-order chi connectivity index (χ1) is 10.1. The molecule has 0 aliphatic heterocycles. The molecule has 21 heavy (non-hydrogen) atoms. The largest absolute Gasteiger partial charge is 0.294 e. The molecule has 2 aromatic rings. The van der Waals surface area contributed by atoms with E-state index in [9.17, 15) is 4.79 Å². The van der Waals surface area contributed by atoms with Crippen LogP contribution in [0.2, 0.25) is 0 Å². The Bertz CT molecular complexity index is 756. The van der Waals surface area contributed by atoms with Crippen molar-refractivity contribution in [2.75, 3.05) is 0 Å². The van der Waals surface area contributed by atoms with E-state index < -0.39 is 0 Å². The van der Waals surface area contributed by atoms with Crippen LogP contribution in [0.25, 0.3) is 0 Å². The molecular formula is C20H20O. The molecule has 1 heteroatoms. The Labute approximate surface area is 126 Å². The Morgan fingerprint density at radius 3 is 2.76 bits per heavy atom. The van der Waals surface area contributed by atoms with Crippen molar-refractivity contribution in [3.05, 3.63) is 69.8 Å². The third kappa shape index (κ3) is 1.67. The molecule has 1 atom stereocenters. The van der Waals surface area contributed by atoms with Crippen LogP contribution < -0.4 is 0 Å².